The Kier molecular flexibility index (Phi) is 1.81. The third-order valence-electron chi connectivity index (χ3n) is 2.49. The van der Waals surface area contributed by atoms with E-state index >= 15 is 0 Å². The van der Waals surface area contributed by atoms with Gasteiger partial charge in [0.05, 0.1) is 0 Å². The molecule has 1 fully saturated rings. The molecule has 1 aliphatic carbocycles. The minimum atomic E-state index is 0.161. The molecule has 0 radical (unpaired) electrons. The fourth-order valence-electron chi connectivity index (χ4n) is 1.37. The van der Waals surface area contributed by atoms with Crippen molar-refractivity contribution in [3.05, 3.63) is 24.3 Å². The van der Waals surface area contributed by atoms with E-state index in [2.05, 4.69) is 9.97 Å². The van der Waals surface area contributed by atoms with Crippen molar-refractivity contribution < 1.29 is 5.11 Å². The first-order valence-electron chi connectivity index (χ1n) is 4.20. The van der Waals surface area contributed by atoms with Crippen LogP contribution in [0.3, 0.4) is 0 Å². The second kappa shape index (κ2) is 2.83. The van der Waals surface area contributed by atoms with Crippen LogP contribution < -0.4 is 0 Å². The number of rotatable bonds is 3. The molecule has 0 bridgehead atoms. The van der Waals surface area contributed by atoms with Gasteiger partial charge in [-0.05, 0) is 30.7 Å². The Morgan fingerprint density at radius 2 is 2.33 bits per heavy atom. The van der Waals surface area contributed by atoms with Gasteiger partial charge in [-0.15, -0.1) is 0 Å². The van der Waals surface area contributed by atoms with E-state index in [-0.39, 0.29) is 12.0 Å². The quantitative estimate of drug-likeness (QED) is 0.718. The van der Waals surface area contributed by atoms with E-state index in [0.717, 1.165) is 25.0 Å². The number of nitrogens with zero attached hydrogens (tertiary/aromatic N) is 2. The first kappa shape index (κ1) is 7.68. The number of aliphatic hydroxyl groups is 1. The number of aromatic nitrogens is 2. The fourth-order valence-corrected chi connectivity index (χ4v) is 1.37. The van der Waals surface area contributed by atoms with Gasteiger partial charge in [-0.2, -0.15) is 0 Å². The van der Waals surface area contributed by atoms with Crippen molar-refractivity contribution in [3.8, 4) is 0 Å². The summed E-state index contributed by atoms with van der Waals surface area (Å²) in [6.07, 6.45) is 6.46. The molecular weight excluding hydrogens is 152 g/mol. The van der Waals surface area contributed by atoms with Gasteiger partial charge in [0.15, 0.2) is 0 Å². The predicted octanol–water partition coefficient (Wildman–Crippen LogP) is 0.792. The van der Waals surface area contributed by atoms with Crippen LogP contribution in [0.25, 0.3) is 0 Å². The highest BCUT2D eigenvalue weighted by Gasteiger charge is 2.42. The van der Waals surface area contributed by atoms with Gasteiger partial charge in [-0.3, -0.25) is 0 Å². The highest BCUT2D eigenvalue weighted by molar-refractivity contribution is 5.07. The van der Waals surface area contributed by atoms with E-state index in [1.807, 2.05) is 6.07 Å². The van der Waals surface area contributed by atoms with Crippen molar-refractivity contribution >= 4 is 0 Å². The van der Waals surface area contributed by atoms with Gasteiger partial charge >= 0.3 is 0 Å². The van der Waals surface area contributed by atoms with E-state index in [9.17, 15) is 0 Å². The van der Waals surface area contributed by atoms with Gasteiger partial charge in [-0.1, -0.05) is 0 Å². The SMILES string of the molecule is OCC1(Cc2ccncn2)CC1. The van der Waals surface area contributed by atoms with Gasteiger partial charge < -0.3 is 5.11 Å². The van der Waals surface area contributed by atoms with E-state index in [0.29, 0.717) is 0 Å². The second-order valence-corrected chi connectivity index (χ2v) is 3.54. The zero-order chi connectivity index (χ0) is 8.44. The Morgan fingerprint density at radius 3 is 2.83 bits per heavy atom. The monoisotopic (exact) mass is 164 g/mol. The lowest BCUT2D eigenvalue weighted by atomic mass is 10.0. The lowest BCUT2D eigenvalue weighted by Crippen LogP contribution is -2.10. The summed E-state index contributed by atoms with van der Waals surface area (Å²) in [7, 11) is 0. The average molecular weight is 164 g/mol. The molecule has 1 aromatic heterocycles. The van der Waals surface area contributed by atoms with Crippen LogP contribution in [0.2, 0.25) is 0 Å². The van der Waals surface area contributed by atoms with Gasteiger partial charge in [0.25, 0.3) is 0 Å². The number of hydrogen-bond donors (Lipinski definition) is 1. The third kappa shape index (κ3) is 1.46. The molecular formula is C9H12N2O. The van der Waals surface area contributed by atoms with Crippen LogP contribution in [0.1, 0.15) is 18.5 Å². The Labute approximate surface area is 71.5 Å². The molecule has 2 rings (SSSR count). The predicted molar refractivity (Wildman–Crippen MR) is 44.5 cm³/mol. The first-order chi connectivity index (χ1) is 5.85. The van der Waals surface area contributed by atoms with Gasteiger partial charge in [0, 0.05) is 18.5 Å². The molecule has 64 valence electrons. The van der Waals surface area contributed by atoms with Crippen LogP contribution in [0.5, 0.6) is 0 Å². The zero-order valence-corrected chi connectivity index (χ0v) is 6.90. The van der Waals surface area contributed by atoms with Crippen LogP contribution in [-0.4, -0.2) is 21.7 Å². The fraction of sp³-hybridized carbons (Fsp3) is 0.556. The standard InChI is InChI=1S/C9H12N2O/c12-6-9(2-3-9)5-8-1-4-10-7-11-8/h1,4,7,12H,2-3,5-6H2. The molecule has 1 heterocycles. The van der Waals surface area contributed by atoms with Crippen LogP contribution >= 0.6 is 0 Å². The number of hydrogen-bond acceptors (Lipinski definition) is 3. The summed E-state index contributed by atoms with van der Waals surface area (Å²) >= 11 is 0. The minimum Gasteiger partial charge on any atom is -0.396 e. The van der Waals surface area contributed by atoms with Crippen LogP contribution in [-0.2, 0) is 6.42 Å². The van der Waals surface area contributed by atoms with Gasteiger partial charge in [-0.25, -0.2) is 9.97 Å². The highest BCUT2D eigenvalue weighted by Crippen LogP contribution is 2.47. The summed E-state index contributed by atoms with van der Waals surface area (Å²) in [6, 6.07) is 1.91. The van der Waals surface area contributed by atoms with Crippen LogP contribution in [0, 0.1) is 5.41 Å². The van der Waals surface area contributed by atoms with E-state index in [1.54, 1.807) is 12.5 Å². The largest absolute Gasteiger partial charge is 0.396 e. The summed E-state index contributed by atoms with van der Waals surface area (Å²) in [5, 5.41) is 9.07. The Hall–Kier alpha value is -0.960. The van der Waals surface area contributed by atoms with Gasteiger partial charge in [0.1, 0.15) is 6.33 Å². The average Bonchev–Trinajstić information content (AvgIpc) is 2.88. The Morgan fingerprint density at radius 1 is 1.50 bits per heavy atom. The molecule has 0 unspecified atom stereocenters. The Bertz CT molecular complexity index is 256. The van der Waals surface area contributed by atoms with Gasteiger partial charge in [0.2, 0.25) is 0 Å². The van der Waals surface area contributed by atoms with E-state index in [1.165, 1.54) is 0 Å². The summed E-state index contributed by atoms with van der Waals surface area (Å²) in [5.74, 6) is 0. The number of aliphatic hydroxyl groups excluding tert-OH is 1. The molecule has 0 atom stereocenters. The summed E-state index contributed by atoms with van der Waals surface area (Å²) in [4.78, 5) is 7.98. The Balaban J connectivity index is 2.04. The summed E-state index contributed by atoms with van der Waals surface area (Å²) in [5.41, 5.74) is 1.20. The zero-order valence-electron chi connectivity index (χ0n) is 6.90. The molecule has 3 heteroatoms. The smallest absolute Gasteiger partial charge is 0.115 e. The normalized spacial score (nSPS) is 19.1. The van der Waals surface area contributed by atoms with Crippen LogP contribution in [0.15, 0.2) is 18.6 Å². The maximum Gasteiger partial charge on any atom is 0.115 e. The van der Waals surface area contributed by atoms with Crippen molar-refractivity contribution in [1.82, 2.24) is 9.97 Å². The van der Waals surface area contributed by atoms with Crippen molar-refractivity contribution in [3.63, 3.8) is 0 Å². The van der Waals surface area contributed by atoms with E-state index < -0.39 is 0 Å². The molecule has 1 aliphatic rings. The molecule has 1 N–H and O–H groups in total. The maximum absolute atomic E-state index is 9.07. The van der Waals surface area contributed by atoms with Crippen molar-refractivity contribution in [2.45, 2.75) is 19.3 Å². The highest BCUT2D eigenvalue weighted by atomic mass is 16.3. The third-order valence-corrected chi connectivity index (χ3v) is 2.49. The maximum atomic E-state index is 9.07. The lowest BCUT2D eigenvalue weighted by Gasteiger charge is -2.09. The summed E-state index contributed by atoms with van der Waals surface area (Å²) < 4.78 is 0. The van der Waals surface area contributed by atoms with Crippen molar-refractivity contribution in [2.24, 2.45) is 5.41 Å². The molecule has 0 aromatic carbocycles. The molecule has 0 amide bonds. The molecule has 0 spiro atoms. The molecule has 0 aliphatic heterocycles. The minimum absolute atomic E-state index is 0.161. The van der Waals surface area contributed by atoms with Crippen molar-refractivity contribution in [1.29, 1.82) is 0 Å². The van der Waals surface area contributed by atoms with E-state index in [4.69, 9.17) is 5.11 Å². The molecule has 1 saturated carbocycles. The van der Waals surface area contributed by atoms with Crippen LogP contribution in [0.4, 0.5) is 0 Å². The second-order valence-electron chi connectivity index (χ2n) is 3.54. The molecule has 3 nitrogen and oxygen atoms in total. The summed E-state index contributed by atoms with van der Waals surface area (Å²) in [6.45, 7) is 0.289. The molecule has 0 saturated heterocycles. The molecule has 1 aromatic rings. The first-order valence-corrected chi connectivity index (χ1v) is 4.20. The van der Waals surface area contributed by atoms with Crippen molar-refractivity contribution in [2.75, 3.05) is 6.61 Å². The lowest BCUT2D eigenvalue weighted by molar-refractivity contribution is 0.210. The topological polar surface area (TPSA) is 46.0 Å². The molecule has 12 heavy (non-hydrogen) atoms.